The molecular formula is C16H22N2O3. The molecule has 1 fully saturated rings. The second-order valence-electron chi connectivity index (χ2n) is 5.73. The number of hydrogen-bond donors (Lipinski definition) is 0. The number of para-hydroxylation sites is 2. The van der Waals surface area contributed by atoms with E-state index in [-0.39, 0.29) is 12.2 Å². The molecule has 5 nitrogen and oxygen atoms in total. The highest BCUT2D eigenvalue weighted by molar-refractivity contribution is 5.89. The lowest BCUT2D eigenvalue weighted by Gasteiger charge is -2.31. The highest BCUT2D eigenvalue weighted by atomic mass is 16.6. The molecule has 0 aliphatic carbocycles. The Morgan fingerprint density at radius 3 is 3.00 bits per heavy atom. The minimum atomic E-state index is -0.256. The van der Waals surface area contributed by atoms with E-state index in [4.69, 9.17) is 9.47 Å². The van der Waals surface area contributed by atoms with Gasteiger partial charge in [-0.05, 0) is 45.0 Å². The van der Waals surface area contributed by atoms with Crippen LogP contribution >= 0.6 is 0 Å². The van der Waals surface area contributed by atoms with Crippen molar-refractivity contribution in [2.45, 2.75) is 25.4 Å². The topological polar surface area (TPSA) is 42.0 Å². The molecule has 0 spiro atoms. The monoisotopic (exact) mass is 290 g/mol. The zero-order valence-electron chi connectivity index (χ0n) is 12.5. The molecule has 5 heteroatoms. The number of likely N-dealkylation sites (tertiary alicyclic amines) is 1. The molecule has 0 aromatic heterocycles. The van der Waals surface area contributed by atoms with Crippen LogP contribution in [0.15, 0.2) is 24.3 Å². The fourth-order valence-corrected chi connectivity index (χ4v) is 2.94. The van der Waals surface area contributed by atoms with Crippen LogP contribution in [0.25, 0.3) is 0 Å². The molecule has 114 valence electrons. The lowest BCUT2D eigenvalue weighted by Crippen LogP contribution is -2.41. The third kappa shape index (κ3) is 3.29. The predicted octanol–water partition coefficient (Wildman–Crippen LogP) is 2.51. The molecule has 1 unspecified atom stereocenters. The highest BCUT2D eigenvalue weighted by Crippen LogP contribution is 2.31. The second-order valence-corrected chi connectivity index (χ2v) is 5.73. The Bertz CT molecular complexity index is 506. The zero-order chi connectivity index (χ0) is 14.7. The Hall–Kier alpha value is -1.75. The van der Waals surface area contributed by atoms with E-state index in [2.05, 4.69) is 11.9 Å². The number of benzene rings is 1. The van der Waals surface area contributed by atoms with Gasteiger partial charge in [-0.25, -0.2) is 4.79 Å². The number of amides is 1. The van der Waals surface area contributed by atoms with Gasteiger partial charge in [-0.3, -0.25) is 4.90 Å². The number of piperidine rings is 1. The molecule has 2 heterocycles. The Labute approximate surface area is 125 Å². The summed E-state index contributed by atoms with van der Waals surface area (Å²) >= 11 is 0. The summed E-state index contributed by atoms with van der Waals surface area (Å²) in [6.45, 7) is 3.16. The summed E-state index contributed by atoms with van der Waals surface area (Å²) in [6, 6.07) is 7.65. The van der Waals surface area contributed by atoms with Crippen molar-refractivity contribution in [3.63, 3.8) is 0 Å². The maximum Gasteiger partial charge on any atom is 0.414 e. The number of hydrogen-bond acceptors (Lipinski definition) is 4. The summed E-state index contributed by atoms with van der Waals surface area (Å²) < 4.78 is 11.4. The summed E-state index contributed by atoms with van der Waals surface area (Å²) in [5, 5.41) is 0. The van der Waals surface area contributed by atoms with Crippen molar-refractivity contribution in [2.75, 3.05) is 38.2 Å². The third-order valence-corrected chi connectivity index (χ3v) is 4.01. The standard InChI is InChI=1S/C16H22N2O3/c1-17-9-4-6-13(12-17)21-16(19)18-10-5-11-20-15-8-3-2-7-14(15)18/h2-3,7-8,13H,4-6,9-12H2,1H3. The van der Waals surface area contributed by atoms with Gasteiger partial charge in [-0.2, -0.15) is 0 Å². The number of ether oxygens (including phenoxy) is 2. The number of nitrogens with zero attached hydrogens (tertiary/aromatic N) is 2. The van der Waals surface area contributed by atoms with Gasteiger partial charge < -0.3 is 14.4 Å². The molecule has 0 bridgehead atoms. The van der Waals surface area contributed by atoms with Crippen LogP contribution in [0.3, 0.4) is 0 Å². The molecule has 1 saturated heterocycles. The van der Waals surface area contributed by atoms with E-state index in [0.717, 1.165) is 43.8 Å². The van der Waals surface area contributed by atoms with Crippen LogP contribution in [0.5, 0.6) is 5.75 Å². The minimum absolute atomic E-state index is 0.00687. The van der Waals surface area contributed by atoms with E-state index >= 15 is 0 Å². The van der Waals surface area contributed by atoms with Crippen molar-refractivity contribution in [3.05, 3.63) is 24.3 Å². The third-order valence-electron chi connectivity index (χ3n) is 4.01. The van der Waals surface area contributed by atoms with Gasteiger partial charge in [0.25, 0.3) is 0 Å². The van der Waals surface area contributed by atoms with Crippen LogP contribution < -0.4 is 9.64 Å². The first-order valence-electron chi connectivity index (χ1n) is 7.62. The Balaban J connectivity index is 1.72. The Kier molecular flexibility index (Phi) is 4.29. The molecule has 0 radical (unpaired) electrons. The van der Waals surface area contributed by atoms with Crippen LogP contribution in [0.4, 0.5) is 10.5 Å². The summed E-state index contributed by atoms with van der Waals surface area (Å²) in [5.41, 5.74) is 0.809. The molecule has 0 N–H and O–H groups in total. The van der Waals surface area contributed by atoms with Crippen LogP contribution in [0, 0.1) is 0 Å². The van der Waals surface area contributed by atoms with E-state index in [1.54, 1.807) is 4.90 Å². The molecule has 2 aliphatic heterocycles. The number of fused-ring (bicyclic) bond motifs is 1. The molecule has 1 aromatic rings. The van der Waals surface area contributed by atoms with E-state index in [0.29, 0.717) is 13.2 Å². The molecule has 0 saturated carbocycles. The molecule has 1 amide bonds. The van der Waals surface area contributed by atoms with Gasteiger partial charge in [-0.1, -0.05) is 12.1 Å². The maximum atomic E-state index is 12.5. The van der Waals surface area contributed by atoms with Crippen LogP contribution in [0.1, 0.15) is 19.3 Å². The molecule has 1 aromatic carbocycles. The van der Waals surface area contributed by atoms with Crippen molar-refractivity contribution in [2.24, 2.45) is 0 Å². The van der Waals surface area contributed by atoms with Crippen LogP contribution in [0.2, 0.25) is 0 Å². The first-order valence-corrected chi connectivity index (χ1v) is 7.62. The minimum Gasteiger partial charge on any atom is -0.491 e. The number of rotatable bonds is 1. The molecule has 1 atom stereocenters. The average Bonchev–Trinajstić information content (AvgIpc) is 2.69. The summed E-state index contributed by atoms with van der Waals surface area (Å²) in [6.07, 6.45) is 2.57. The van der Waals surface area contributed by atoms with Crippen LogP contribution in [-0.4, -0.2) is 50.4 Å². The van der Waals surface area contributed by atoms with Gasteiger partial charge in [0.2, 0.25) is 0 Å². The van der Waals surface area contributed by atoms with Crippen molar-refractivity contribution < 1.29 is 14.3 Å². The highest BCUT2D eigenvalue weighted by Gasteiger charge is 2.27. The molecular weight excluding hydrogens is 268 g/mol. The van der Waals surface area contributed by atoms with Crippen molar-refractivity contribution in [1.29, 1.82) is 0 Å². The summed E-state index contributed by atoms with van der Waals surface area (Å²) in [5.74, 6) is 0.757. The van der Waals surface area contributed by atoms with Crippen molar-refractivity contribution >= 4 is 11.8 Å². The Morgan fingerprint density at radius 2 is 2.14 bits per heavy atom. The van der Waals surface area contributed by atoms with Gasteiger partial charge in [0.1, 0.15) is 11.9 Å². The van der Waals surface area contributed by atoms with E-state index in [1.165, 1.54) is 0 Å². The number of carbonyl (C=O) groups is 1. The lowest BCUT2D eigenvalue weighted by atomic mass is 10.1. The molecule has 2 aliphatic rings. The summed E-state index contributed by atoms with van der Waals surface area (Å²) in [4.78, 5) is 16.4. The van der Waals surface area contributed by atoms with Gasteiger partial charge in [0, 0.05) is 13.1 Å². The van der Waals surface area contributed by atoms with E-state index in [1.807, 2.05) is 24.3 Å². The molecule has 21 heavy (non-hydrogen) atoms. The van der Waals surface area contributed by atoms with Crippen LogP contribution in [-0.2, 0) is 4.74 Å². The Morgan fingerprint density at radius 1 is 1.29 bits per heavy atom. The lowest BCUT2D eigenvalue weighted by molar-refractivity contribution is 0.0551. The van der Waals surface area contributed by atoms with Gasteiger partial charge in [0.15, 0.2) is 0 Å². The first kappa shape index (κ1) is 14.2. The smallest absolute Gasteiger partial charge is 0.414 e. The fourth-order valence-electron chi connectivity index (χ4n) is 2.94. The fraction of sp³-hybridized carbons (Fsp3) is 0.562. The number of anilines is 1. The first-order chi connectivity index (χ1) is 10.2. The van der Waals surface area contributed by atoms with Gasteiger partial charge in [-0.15, -0.1) is 0 Å². The summed E-state index contributed by atoms with van der Waals surface area (Å²) in [7, 11) is 2.06. The normalized spacial score (nSPS) is 22.9. The number of likely N-dealkylation sites (N-methyl/N-ethyl adjacent to an activating group) is 1. The van der Waals surface area contributed by atoms with Crippen molar-refractivity contribution in [1.82, 2.24) is 4.90 Å². The average molecular weight is 290 g/mol. The second kappa shape index (κ2) is 6.35. The SMILES string of the molecule is CN1CCCC(OC(=O)N2CCCOc3ccccc32)C1. The quantitative estimate of drug-likeness (QED) is 0.797. The zero-order valence-corrected chi connectivity index (χ0v) is 12.5. The number of carbonyl (C=O) groups excluding carboxylic acids is 1. The van der Waals surface area contributed by atoms with Gasteiger partial charge in [0.05, 0.1) is 12.3 Å². The largest absolute Gasteiger partial charge is 0.491 e. The van der Waals surface area contributed by atoms with Gasteiger partial charge >= 0.3 is 6.09 Å². The molecule has 3 rings (SSSR count). The van der Waals surface area contributed by atoms with Crippen molar-refractivity contribution in [3.8, 4) is 5.75 Å². The maximum absolute atomic E-state index is 12.5. The van der Waals surface area contributed by atoms with E-state index < -0.39 is 0 Å². The predicted molar refractivity (Wildman–Crippen MR) is 80.9 cm³/mol. The van der Waals surface area contributed by atoms with E-state index in [9.17, 15) is 4.79 Å².